The standard InChI is InChI=1S/C16H18N2OS/c1-2-14-8-9-15(20-14)11-18-16(19)10-5-12-3-6-13(17)7-4-12/h3-10H,2,11,17H2,1H3,(H,18,19)/b10-5+. The molecule has 0 aliphatic carbocycles. The van der Waals surface area contributed by atoms with Crippen molar-refractivity contribution in [2.75, 3.05) is 5.73 Å². The summed E-state index contributed by atoms with van der Waals surface area (Å²) in [5, 5.41) is 2.88. The molecule has 0 bridgehead atoms. The molecule has 3 N–H and O–H groups in total. The molecular formula is C16H18N2OS. The summed E-state index contributed by atoms with van der Waals surface area (Å²) in [6, 6.07) is 11.6. The third kappa shape index (κ3) is 4.24. The molecule has 2 aromatic rings. The van der Waals surface area contributed by atoms with Crippen molar-refractivity contribution < 1.29 is 4.79 Å². The lowest BCUT2D eigenvalue weighted by atomic mass is 10.2. The molecule has 1 aromatic heterocycles. The predicted octanol–water partition coefficient (Wildman–Crippen LogP) is 3.22. The van der Waals surface area contributed by atoms with Crippen LogP contribution in [0.4, 0.5) is 5.69 Å². The number of carbonyl (C=O) groups excluding carboxylic acids is 1. The number of amides is 1. The van der Waals surface area contributed by atoms with Gasteiger partial charge < -0.3 is 11.1 Å². The Bertz CT molecular complexity index is 599. The van der Waals surface area contributed by atoms with Gasteiger partial charge in [-0.2, -0.15) is 0 Å². The monoisotopic (exact) mass is 286 g/mol. The lowest BCUT2D eigenvalue weighted by Crippen LogP contribution is -2.19. The highest BCUT2D eigenvalue weighted by atomic mass is 32.1. The van der Waals surface area contributed by atoms with Crippen molar-refractivity contribution >= 4 is 29.0 Å². The van der Waals surface area contributed by atoms with Crippen molar-refractivity contribution in [1.29, 1.82) is 0 Å². The number of rotatable bonds is 5. The van der Waals surface area contributed by atoms with Crippen LogP contribution in [0.1, 0.15) is 22.2 Å². The molecule has 104 valence electrons. The fourth-order valence-corrected chi connectivity index (χ4v) is 2.62. The zero-order valence-corrected chi connectivity index (χ0v) is 12.2. The summed E-state index contributed by atoms with van der Waals surface area (Å²) in [7, 11) is 0. The summed E-state index contributed by atoms with van der Waals surface area (Å²) in [4.78, 5) is 14.2. The zero-order chi connectivity index (χ0) is 14.4. The lowest BCUT2D eigenvalue weighted by molar-refractivity contribution is -0.116. The normalized spacial score (nSPS) is 10.8. The largest absolute Gasteiger partial charge is 0.399 e. The Labute approximate surface area is 123 Å². The van der Waals surface area contributed by atoms with Gasteiger partial charge in [-0.15, -0.1) is 11.3 Å². The van der Waals surface area contributed by atoms with Crippen molar-refractivity contribution in [3.05, 3.63) is 57.8 Å². The van der Waals surface area contributed by atoms with Gasteiger partial charge in [0, 0.05) is 21.5 Å². The number of nitrogen functional groups attached to an aromatic ring is 1. The van der Waals surface area contributed by atoms with E-state index < -0.39 is 0 Å². The van der Waals surface area contributed by atoms with Gasteiger partial charge in [-0.25, -0.2) is 0 Å². The first-order valence-corrected chi connectivity index (χ1v) is 7.38. The van der Waals surface area contributed by atoms with Gasteiger partial charge in [-0.05, 0) is 42.3 Å². The molecule has 4 heteroatoms. The third-order valence-corrected chi connectivity index (χ3v) is 4.10. The molecular weight excluding hydrogens is 268 g/mol. The van der Waals surface area contributed by atoms with E-state index in [9.17, 15) is 4.79 Å². The van der Waals surface area contributed by atoms with Crippen molar-refractivity contribution in [2.45, 2.75) is 19.9 Å². The molecule has 0 saturated heterocycles. The van der Waals surface area contributed by atoms with Crippen LogP contribution in [0.15, 0.2) is 42.5 Å². The summed E-state index contributed by atoms with van der Waals surface area (Å²) >= 11 is 1.74. The minimum absolute atomic E-state index is 0.0896. The Hall–Kier alpha value is -2.07. The van der Waals surface area contributed by atoms with Gasteiger partial charge in [-0.3, -0.25) is 4.79 Å². The van der Waals surface area contributed by atoms with Gasteiger partial charge in [0.05, 0.1) is 6.54 Å². The number of hydrogen-bond donors (Lipinski definition) is 2. The van der Waals surface area contributed by atoms with Crippen LogP contribution < -0.4 is 11.1 Å². The van der Waals surface area contributed by atoms with Gasteiger partial charge >= 0.3 is 0 Å². The van der Waals surface area contributed by atoms with E-state index in [1.807, 2.05) is 24.3 Å². The van der Waals surface area contributed by atoms with Gasteiger partial charge in [0.1, 0.15) is 0 Å². The van der Waals surface area contributed by atoms with Crippen LogP contribution >= 0.6 is 11.3 Å². The number of thiophene rings is 1. The first kappa shape index (κ1) is 14.3. The van der Waals surface area contributed by atoms with E-state index in [1.165, 1.54) is 9.75 Å². The topological polar surface area (TPSA) is 55.1 Å². The molecule has 0 aliphatic rings. The molecule has 0 radical (unpaired) electrons. The molecule has 0 spiro atoms. The summed E-state index contributed by atoms with van der Waals surface area (Å²) in [5.41, 5.74) is 7.28. The maximum atomic E-state index is 11.7. The minimum Gasteiger partial charge on any atom is -0.399 e. The highest BCUT2D eigenvalue weighted by Gasteiger charge is 2.00. The van der Waals surface area contributed by atoms with E-state index in [-0.39, 0.29) is 5.91 Å². The Morgan fingerprint density at radius 3 is 2.55 bits per heavy atom. The van der Waals surface area contributed by atoms with Crippen LogP contribution in [0.2, 0.25) is 0 Å². The first-order valence-electron chi connectivity index (χ1n) is 6.56. The molecule has 0 saturated carbocycles. The Morgan fingerprint density at radius 1 is 1.20 bits per heavy atom. The fraction of sp³-hybridized carbons (Fsp3) is 0.188. The first-order chi connectivity index (χ1) is 9.67. The van der Waals surface area contributed by atoms with Crippen LogP contribution in [0, 0.1) is 0 Å². The molecule has 0 atom stereocenters. The highest BCUT2D eigenvalue weighted by molar-refractivity contribution is 7.11. The number of nitrogens with one attached hydrogen (secondary N) is 1. The van der Waals surface area contributed by atoms with E-state index >= 15 is 0 Å². The molecule has 2 rings (SSSR count). The summed E-state index contributed by atoms with van der Waals surface area (Å²) in [5.74, 6) is -0.0896. The molecule has 0 unspecified atom stereocenters. The molecule has 1 amide bonds. The third-order valence-electron chi connectivity index (χ3n) is 2.87. The number of benzene rings is 1. The van der Waals surface area contributed by atoms with Crippen LogP contribution in [0.3, 0.4) is 0 Å². The van der Waals surface area contributed by atoms with E-state index in [2.05, 4.69) is 24.4 Å². The molecule has 0 fully saturated rings. The lowest BCUT2D eigenvalue weighted by Gasteiger charge is -1.99. The van der Waals surface area contributed by atoms with Gasteiger partial charge in [0.25, 0.3) is 0 Å². The average molecular weight is 286 g/mol. The average Bonchev–Trinajstić information content (AvgIpc) is 2.92. The molecule has 0 aliphatic heterocycles. The molecule has 3 nitrogen and oxygen atoms in total. The van der Waals surface area contributed by atoms with E-state index in [4.69, 9.17) is 5.73 Å². The van der Waals surface area contributed by atoms with E-state index in [0.29, 0.717) is 6.54 Å². The Kier molecular flexibility index (Phi) is 4.96. The van der Waals surface area contributed by atoms with Gasteiger partial charge in [0.15, 0.2) is 0 Å². The van der Waals surface area contributed by atoms with Crippen molar-refractivity contribution in [3.8, 4) is 0 Å². The van der Waals surface area contributed by atoms with E-state index in [0.717, 1.165) is 17.7 Å². The minimum atomic E-state index is -0.0896. The van der Waals surface area contributed by atoms with Crippen LogP contribution in [-0.2, 0) is 17.8 Å². The zero-order valence-electron chi connectivity index (χ0n) is 11.4. The second kappa shape index (κ2) is 6.91. The highest BCUT2D eigenvalue weighted by Crippen LogP contribution is 2.16. The molecule has 1 aromatic carbocycles. The van der Waals surface area contributed by atoms with E-state index in [1.54, 1.807) is 23.5 Å². The maximum Gasteiger partial charge on any atom is 0.244 e. The molecule has 1 heterocycles. The van der Waals surface area contributed by atoms with Crippen molar-refractivity contribution in [2.24, 2.45) is 0 Å². The van der Waals surface area contributed by atoms with Gasteiger partial charge in [0.2, 0.25) is 5.91 Å². The summed E-state index contributed by atoms with van der Waals surface area (Å²) < 4.78 is 0. The van der Waals surface area contributed by atoms with Crippen molar-refractivity contribution in [1.82, 2.24) is 5.32 Å². The SMILES string of the molecule is CCc1ccc(CNC(=O)/C=C/c2ccc(N)cc2)s1. The predicted molar refractivity (Wildman–Crippen MR) is 85.4 cm³/mol. The Morgan fingerprint density at radius 2 is 1.90 bits per heavy atom. The van der Waals surface area contributed by atoms with Gasteiger partial charge in [-0.1, -0.05) is 19.1 Å². The summed E-state index contributed by atoms with van der Waals surface area (Å²) in [6.45, 7) is 2.71. The summed E-state index contributed by atoms with van der Waals surface area (Å²) in [6.07, 6.45) is 4.36. The van der Waals surface area contributed by atoms with Crippen LogP contribution in [0.5, 0.6) is 0 Å². The van der Waals surface area contributed by atoms with Crippen LogP contribution in [0.25, 0.3) is 6.08 Å². The number of hydrogen-bond acceptors (Lipinski definition) is 3. The Balaban J connectivity index is 1.84. The number of anilines is 1. The molecule has 20 heavy (non-hydrogen) atoms. The fourth-order valence-electron chi connectivity index (χ4n) is 1.72. The quantitative estimate of drug-likeness (QED) is 0.655. The number of carbonyl (C=O) groups is 1. The van der Waals surface area contributed by atoms with Crippen LogP contribution in [-0.4, -0.2) is 5.91 Å². The second-order valence-corrected chi connectivity index (χ2v) is 5.69. The van der Waals surface area contributed by atoms with Crippen molar-refractivity contribution in [3.63, 3.8) is 0 Å². The number of aryl methyl sites for hydroxylation is 1. The maximum absolute atomic E-state index is 11.7. The number of nitrogens with two attached hydrogens (primary N) is 1. The smallest absolute Gasteiger partial charge is 0.244 e. The second-order valence-electron chi connectivity index (χ2n) is 4.44.